The summed E-state index contributed by atoms with van der Waals surface area (Å²) in [6.07, 6.45) is 3.17. The van der Waals surface area contributed by atoms with E-state index in [1.165, 1.54) is 6.33 Å². The molecule has 1 aromatic heterocycles. The summed E-state index contributed by atoms with van der Waals surface area (Å²) in [6, 6.07) is 6.93. The fraction of sp³-hybridized carbons (Fsp3) is 0.500. The van der Waals surface area contributed by atoms with Gasteiger partial charge in [-0.1, -0.05) is 12.1 Å². The predicted molar refractivity (Wildman–Crippen MR) is 97.9 cm³/mol. The summed E-state index contributed by atoms with van der Waals surface area (Å²) < 4.78 is 1.54. The number of rotatable bonds is 2. The van der Waals surface area contributed by atoms with Crippen LogP contribution in [0.3, 0.4) is 0 Å². The molecule has 4 rings (SSSR count). The molecule has 0 aliphatic carbocycles. The van der Waals surface area contributed by atoms with E-state index in [1.807, 2.05) is 26.0 Å². The van der Waals surface area contributed by atoms with E-state index >= 15 is 0 Å². The smallest absolute Gasteiger partial charge is 0.261 e. The number of hydrogen-bond acceptors (Lipinski definition) is 5. The number of aromatic nitrogens is 2. The van der Waals surface area contributed by atoms with E-state index in [0.29, 0.717) is 23.9 Å². The van der Waals surface area contributed by atoms with Crippen LogP contribution in [-0.4, -0.2) is 44.1 Å². The van der Waals surface area contributed by atoms with Crippen LogP contribution in [0.1, 0.15) is 33.1 Å². The van der Waals surface area contributed by atoms with Gasteiger partial charge < -0.3 is 0 Å². The van der Waals surface area contributed by atoms with Crippen LogP contribution in [0.5, 0.6) is 0 Å². The van der Waals surface area contributed by atoms with Gasteiger partial charge in [0.1, 0.15) is 11.6 Å². The molecule has 0 saturated carbocycles. The third-order valence-corrected chi connectivity index (χ3v) is 6.06. The number of carbonyl (C=O) groups excluding carboxylic acids is 2. The summed E-state index contributed by atoms with van der Waals surface area (Å²) in [5.41, 5.74) is 0.0574. The van der Waals surface area contributed by atoms with Gasteiger partial charge in [0.05, 0.1) is 29.2 Å². The zero-order chi connectivity index (χ0) is 18.5. The lowest BCUT2D eigenvalue weighted by Gasteiger charge is -2.52. The molecular weight excluding hydrogens is 330 g/mol. The highest BCUT2D eigenvalue weighted by Crippen LogP contribution is 2.38. The summed E-state index contributed by atoms with van der Waals surface area (Å²) in [5, 5.41) is 0.557. The van der Waals surface area contributed by atoms with Crippen LogP contribution in [0.15, 0.2) is 35.4 Å². The van der Waals surface area contributed by atoms with Gasteiger partial charge >= 0.3 is 0 Å². The van der Waals surface area contributed by atoms with E-state index in [1.54, 1.807) is 16.7 Å². The molecule has 26 heavy (non-hydrogen) atoms. The van der Waals surface area contributed by atoms with E-state index in [9.17, 15) is 14.4 Å². The third-order valence-electron chi connectivity index (χ3n) is 6.06. The standard InChI is InChI=1S/C20H23N3O3/c1-20(2)14(18(25)10-16-17(24)8-5-9-23(16)20)11-22-12-21-15-7-4-3-6-13(15)19(22)26/h3-4,6-7,12,14,16H,5,8-11H2,1-2H3/t14-,16+/m0/s1. The maximum absolute atomic E-state index is 12.9. The maximum Gasteiger partial charge on any atom is 0.261 e. The normalized spacial score (nSPS) is 26.1. The number of fused-ring (bicyclic) bond motifs is 2. The molecule has 6 nitrogen and oxygen atoms in total. The zero-order valence-corrected chi connectivity index (χ0v) is 15.1. The summed E-state index contributed by atoms with van der Waals surface area (Å²) >= 11 is 0. The Hall–Kier alpha value is -2.34. The Bertz CT molecular complexity index is 947. The number of carbonyl (C=O) groups is 2. The van der Waals surface area contributed by atoms with Crippen molar-refractivity contribution in [1.82, 2.24) is 14.5 Å². The number of ketones is 2. The van der Waals surface area contributed by atoms with Gasteiger partial charge in [0.25, 0.3) is 5.56 Å². The molecule has 2 atom stereocenters. The van der Waals surface area contributed by atoms with Crippen molar-refractivity contribution in [3.63, 3.8) is 0 Å². The monoisotopic (exact) mass is 353 g/mol. The van der Waals surface area contributed by atoms with E-state index in [4.69, 9.17) is 0 Å². The third kappa shape index (κ3) is 2.60. The molecule has 136 valence electrons. The molecule has 0 bridgehead atoms. The molecule has 0 amide bonds. The van der Waals surface area contributed by atoms with Crippen molar-refractivity contribution in [2.75, 3.05) is 6.54 Å². The van der Waals surface area contributed by atoms with Crippen LogP contribution in [0.4, 0.5) is 0 Å². The zero-order valence-electron chi connectivity index (χ0n) is 15.1. The highest BCUT2D eigenvalue weighted by atomic mass is 16.1. The first-order chi connectivity index (χ1) is 12.4. The molecule has 0 spiro atoms. The van der Waals surface area contributed by atoms with Crippen molar-refractivity contribution in [2.24, 2.45) is 5.92 Å². The first kappa shape index (κ1) is 17.1. The van der Waals surface area contributed by atoms with Gasteiger partial charge in [-0.05, 0) is 38.9 Å². The minimum atomic E-state index is -0.471. The fourth-order valence-corrected chi connectivity index (χ4v) is 4.52. The van der Waals surface area contributed by atoms with Crippen molar-refractivity contribution >= 4 is 22.5 Å². The molecule has 6 heteroatoms. The van der Waals surface area contributed by atoms with Gasteiger partial charge in [-0.15, -0.1) is 0 Å². The van der Waals surface area contributed by atoms with E-state index in [2.05, 4.69) is 9.88 Å². The summed E-state index contributed by atoms with van der Waals surface area (Å²) in [4.78, 5) is 44.5. The highest BCUT2D eigenvalue weighted by molar-refractivity contribution is 5.93. The minimum Gasteiger partial charge on any atom is -0.299 e. The minimum absolute atomic E-state index is 0.0616. The Morgan fingerprint density at radius 2 is 1.92 bits per heavy atom. The van der Waals surface area contributed by atoms with Crippen LogP contribution in [0, 0.1) is 5.92 Å². The molecule has 2 fully saturated rings. The average Bonchev–Trinajstić information content (AvgIpc) is 2.61. The quantitative estimate of drug-likeness (QED) is 0.823. The summed E-state index contributed by atoms with van der Waals surface area (Å²) in [6.45, 7) is 5.14. The second-order valence-electron chi connectivity index (χ2n) is 7.87. The molecule has 3 heterocycles. The van der Waals surface area contributed by atoms with Crippen LogP contribution in [0.2, 0.25) is 0 Å². The van der Waals surface area contributed by atoms with Crippen LogP contribution >= 0.6 is 0 Å². The molecule has 1 aromatic carbocycles. The highest BCUT2D eigenvalue weighted by Gasteiger charge is 2.50. The van der Waals surface area contributed by atoms with Gasteiger partial charge in [0.2, 0.25) is 0 Å². The second kappa shape index (κ2) is 6.13. The Kier molecular flexibility index (Phi) is 4.03. The van der Waals surface area contributed by atoms with Gasteiger partial charge in [-0.3, -0.25) is 23.9 Å². The Morgan fingerprint density at radius 1 is 1.15 bits per heavy atom. The summed E-state index contributed by atoms with van der Waals surface area (Å²) in [5.74, 6) is -0.113. The van der Waals surface area contributed by atoms with Crippen molar-refractivity contribution in [1.29, 1.82) is 0 Å². The van der Waals surface area contributed by atoms with E-state index in [-0.39, 0.29) is 35.5 Å². The Balaban J connectivity index is 1.70. The van der Waals surface area contributed by atoms with Crippen LogP contribution in [0.25, 0.3) is 10.9 Å². The number of piperidine rings is 2. The molecule has 2 aliphatic rings. The molecule has 2 aliphatic heterocycles. The number of nitrogens with zero attached hydrogens (tertiary/aromatic N) is 3. The second-order valence-corrected chi connectivity index (χ2v) is 7.87. The SMILES string of the molecule is CC1(C)[C@@H](Cn2cnc3ccccc3c2=O)C(=O)C[C@@H]2C(=O)CCCN21. The number of para-hydroxylation sites is 1. The van der Waals surface area contributed by atoms with E-state index < -0.39 is 5.54 Å². The first-order valence-corrected chi connectivity index (χ1v) is 9.16. The predicted octanol–water partition coefficient (Wildman–Crippen LogP) is 1.80. The molecule has 0 unspecified atom stereocenters. The molecular formula is C20H23N3O3. The fourth-order valence-electron chi connectivity index (χ4n) is 4.52. The number of hydrogen-bond donors (Lipinski definition) is 0. The largest absolute Gasteiger partial charge is 0.299 e. The molecule has 2 aromatic rings. The van der Waals surface area contributed by atoms with Crippen LogP contribution in [-0.2, 0) is 16.1 Å². The topological polar surface area (TPSA) is 72.3 Å². The van der Waals surface area contributed by atoms with Crippen LogP contribution < -0.4 is 5.56 Å². The van der Waals surface area contributed by atoms with Crippen molar-refractivity contribution < 1.29 is 9.59 Å². The first-order valence-electron chi connectivity index (χ1n) is 9.16. The van der Waals surface area contributed by atoms with Gasteiger partial charge in [-0.25, -0.2) is 4.98 Å². The summed E-state index contributed by atoms with van der Waals surface area (Å²) in [7, 11) is 0. The van der Waals surface area contributed by atoms with E-state index in [0.717, 1.165) is 13.0 Å². The lowest BCUT2D eigenvalue weighted by molar-refractivity contribution is -0.150. The Morgan fingerprint density at radius 3 is 2.73 bits per heavy atom. The maximum atomic E-state index is 12.9. The lowest BCUT2D eigenvalue weighted by atomic mass is 9.73. The van der Waals surface area contributed by atoms with Gasteiger partial charge in [-0.2, -0.15) is 0 Å². The Labute approximate surface area is 151 Å². The number of Topliss-reactive ketones (excluding diaryl/α,β-unsaturated/α-hetero) is 2. The molecule has 0 N–H and O–H groups in total. The lowest BCUT2D eigenvalue weighted by Crippen LogP contribution is -2.65. The van der Waals surface area contributed by atoms with Gasteiger partial charge in [0, 0.05) is 24.9 Å². The number of benzene rings is 1. The molecule has 0 radical (unpaired) electrons. The van der Waals surface area contributed by atoms with Crippen molar-refractivity contribution in [3.05, 3.63) is 40.9 Å². The van der Waals surface area contributed by atoms with Crippen molar-refractivity contribution in [3.8, 4) is 0 Å². The van der Waals surface area contributed by atoms with Gasteiger partial charge in [0.15, 0.2) is 0 Å². The van der Waals surface area contributed by atoms with Crippen molar-refractivity contribution in [2.45, 2.75) is 51.2 Å². The average molecular weight is 353 g/mol. The molecule has 2 saturated heterocycles.